The minimum Gasteiger partial charge on any atom is -0.472 e. The Morgan fingerprint density at radius 1 is 1.20 bits per heavy atom. The maximum Gasteiger partial charge on any atom is 0.351 e. The van der Waals surface area contributed by atoms with Gasteiger partial charge in [-0.15, -0.1) is 0 Å². The molecule has 6 heteroatoms. The Morgan fingerprint density at radius 2 is 2.00 bits per heavy atom. The number of halogens is 2. The second-order valence-corrected chi connectivity index (χ2v) is 6.50. The van der Waals surface area contributed by atoms with Crippen molar-refractivity contribution in [1.82, 2.24) is 9.55 Å². The molecule has 0 amide bonds. The van der Waals surface area contributed by atoms with Gasteiger partial charge in [0.2, 0.25) is 5.88 Å². The van der Waals surface area contributed by atoms with Gasteiger partial charge in [0.25, 0.3) is 0 Å². The second kappa shape index (κ2) is 7.61. The Kier molecular flexibility index (Phi) is 5.28. The lowest BCUT2D eigenvalue weighted by molar-refractivity contribution is 0.288. The Bertz CT molecular complexity index is 956. The van der Waals surface area contributed by atoms with Crippen molar-refractivity contribution in [3.8, 4) is 5.88 Å². The fourth-order valence-corrected chi connectivity index (χ4v) is 2.87. The minimum atomic E-state index is -0.452. The zero-order chi connectivity index (χ0) is 17.8. The number of hydrogen-bond acceptors (Lipinski definition) is 3. The second-order valence-electron chi connectivity index (χ2n) is 5.65. The van der Waals surface area contributed by atoms with Crippen LogP contribution in [0.3, 0.4) is 0 Å². The molecule has 0 spiro atoms. The third kappa shape index (κ3) is 4.33. The van der Waals surface area contributed by atoms with Crippen molar-refractivity contribution in [3.63, 3.8) is 0 Å². The largest absolute Gasteiger partial charge is 0.472 e. The highest BCUT2D eigenvalue weighted by Crippen LogP contribution is 2.22. The number of nitrogens with zero attached hydrogens (tertiary/aromatic N) is 2. The SMILES string of the molecule is Cc1ccccc1COc1nc(=O)n(Cc2cccc(F)c2)cc1Br. The van der Waals surface area contributed by atoms with Gasteiger partial charge < -0.3 is 4.74 Å². The summed E-state index contributed by atoms with van der Waals surface area (Å²) in [6, 6.07) is 14.0. The van der Waals surface area contributed by atoms with Crippen molar-refractivity contribution < 1.29 is 9.13 Å². The predicted molar refractivity (Wildman–Crippen MR) is 97.2 cm³/mol. The van der Waals surface area contributed by atoms with E-state index in [9.17, 15) is 9.18 Å². The molecule has 1 heterocycles. The standard InChI is InChI=1S/C19H16BrFN2O2/c1-13-5-2-3-7-15(13)12-25-18-17(20)11-23(19(24)22-18)10-14-6-4-8-16(21)9-14/h2-9,11H,10,12H2,1H3. The van der Waals surface area contributed by atoms with Gasteiger partial charge in [0.1, 0.15) is 12.4 Å². The highest BCUT2D eigenvalue weighted by molar-refractivity contribution is 9.10. The maximum absolute atomic E-state index is 13.3. The van der Waals surface area contributed by atoms with E-state index in [-0.39, 0.29) is 18.2 Å². The van der Waals surface area contributed by atoms with Crippen molar-refractivity contribution in [2.24, 2.45) is 0 Å². The first-order valence-electron chi connectivity index (χ1n) is 7.71. The molecule has 0 radical (unpaired) electrons. The van der Waals surface area contributed by atoms with E-state index in [0.717, 1.165) is 11.1 Å². The third-order valence-electron chi connectivity index (χ3n) is 3.78. The molecule has 0 bridgehead atoms. The number of ether oxygens (including phenoxy) is 1. The van der Waals surface area contributed by atoms with Crippen molar-refractivity contribution in [2.45, 2.75) is 20.1 Å². The van der Waals surface area contributed by atoms with Crippen molar-refractivity contribution in [3.05, 3.63) is 92.2 Å². The van der Waals surface area contributed by atoms with E-state index < -0.39 is 5.69 Å². The summed E-state index contributed by atoms with van der Waals surface area (Å²) in [5, 5.41) is 0. The van der Waals surface area contributed by atoms with E-state index in [4.69, 9.17) is 4.74 Å². The Morgan fingerprint density at radius 3 is 2.76 bits per heavy atom. The van der Waals surface area contributed by atoms with Gasteiger partial charge in [-0.3, -0.25) is 4.57 Å². The van der Waals surface area contributed by atoms with Gasteiger partial charge in [0.05, 0.1) is 11.0 Å². The third-order valence-corrected chi connectivity index (χ3v) is 4.33. The van der Waals surface area contributed by atoms with Crippen LogP contribution in [-0.4, -0.2) is 9.55 Å². The number of aromatic nitrogens is 2. The molecule has 0 saturated heterocycles. The van der Waals surface area contributed by atoms with E-state index >= 15 is 0 Å². The first-order chi connectivity index (χ1) is 12.0. The predicted octanol–water partition coefficient (Wildman–Crippen LogP) is 4.08. The Balaban J connectivity index is 1.78. The van der Waals surface area contributed by atoms with Crippen LogP contribution in [0.4, 0.5) is 4.39 Å². The Labute approximate surface area is 153 Å². The van der Waals surface area contributed by atoms with Crippen LogP contribution >= 0.6 is 15.9 Å². The average molecular weight is 403 g/mol. The zero-order valence-corrected chi connectivity index (χ0v) is 15.2. The maximum atomic E-state index is 13.3. The van der Waals surface area contributed by atoms with Crippen molar-refractivity contribution in [2.75, 3.05) is 0 Å². The van der Waals surface area contributed by atoms with Gasteiger partial charge >= 0.3 is 5.69 Å². The summed E-state index contributed by atoms with van der Waals surface area (Å²) in [5.41, 5.74) is 2.37. The monoisotopic (exact) mass is 402 g/mol. The van der Waals surface area contributed by atoms with E-state index in [1.807, 2.05) is 31.2 Å². The molecule has 0 saturated carbocycles. The zero-order valence-electron chi connectivity index (χ0n) is 13.6. The van der Waals surface area contributed by atoms with Crippen molar-refractivity contribution in [1.29, 1.82) is 0 Å². The van der Waals surface area contributed by atoms with Crippen LogP contribution in [0, 0.1) is 12.7 Å². The molecular formula is C19H16BrFN2O2. The molecule has 0 N–H and O–H groups in total. The van der Waals surface area contributed by atoms with Crippen molar-refractivity contribution >= 4 is 15.9 Å². The van der Waals surface area contributed by atoms with Crippen LogP contribution in [0.15, 0.2) is 64.0 Å². The van der Waals surface area contributed by atoms with Gasteiger partial charge in [-0.25, -0.2) is 9.18 Å². The van der Waals surface area contributed by atoms with E-state index in [1.165, 1.54) is 16.7 Å². The molecule has 3 rings (SSSR count). The van der Waals surface area contributed by atoms with Crippen LogP contribution in [0.1, 0.15) is 16.7 Å². The molecular weight excluding hydrogens is 387 g/mol. The van der Waals surface area contributed by atoms with Gasteiger partial charge in [-0.1, -0.05) is 36.4 Å². The Hall–Kier alpha value is -2.47. The first kappa shape index (κ1) is 17.4. The summed E-state index contributed by atoms with van der Waals surface area (Å²) in [6.07, 6.45) is 1.60. The van der Waals surface area contributed by atoms with Gasteiger partial charge in [-0.05, 0) is 51.7 Å². The molecule has 1 aromatic heterocycles. The summed E-state index contributed by atoms with van der Waals surface area (Å²) >= 11 is 3.38. The van der Waals surface area contributed by atoms with Crippen LogP contribution < -0.4 is 10.4 Å². The van der Waals surface area contributed by atoms with Crippen LogP contribution in [0.25, 0.3) is 0 Å². The average Bonchev–Trinajstić information content (AvgIpc) is 2.58. The van der Waals surface area contributed by atoms with Gasteiger partial charge in [0, 0.05) is 6.20 Å². The molecule has 0 fully saturated rings. The van der Waals surface area contributed by atoms with E-state index in [2.05, 4.69) is 20.9 Å². The molecule has 0 unspecified atom stereocenters. The summed E-state index contributed by atoms with van der Waals surface area (Å²) < 4.78 is 20.9. The lowest BCUT2D eigenvalue weighted by Gasteiger charge is -2.11. The topological polar surface area (TPSA) is 44.1 Å². The lowest BCUT2D eigenvalue weighted by Crippen LogP contribution is -2.24. The van der Waals surface area contributed by atoms with Crippen LogP contribution in [0.5, 0.6) is 5.88 Å². The smallest absolute Gasteiger partial charge is 0.351 e. The van der Waals surface area contributed by atoms with Crippen LogP contribution in [-0.2, 0) is 13.2 Å². The molecule has 0 aliphatic carbocycles. The highest BCUT2D eigenvalue weighted by atomic mass is 79.9. The number of aryl methyl sites for hydroxylation is 1. The molecule has 4 nitrogen and oxygen atoms in total. The quantitative estimate of drug-likeness (QED) is 0.645. The summed E-state index contributed by atoms with van der Waals surface area (Å²) in [6.45, 7) is 2.56. The molecule has 0 aliphatic heterocycles. The highest BCUT2D eigenvalue weighted by Gasteiger charge is 2.10. The summed E-state index contributed by atoms with van der Waals surface area (Å²) in [5.74, 6) is -0.0977. The fourth-order valence-electron chi connectivity index (χ4n) is 2.42. The first-order valence-corrected chi connectivity index (χ1v) is 8.51. The lowest BCUT2D eigenvalue weighted by atomic mass is 10.1. The molecule has 0 aliphatic rings. The normalized spacial score (nSPS) is 10.7. The van der Waals surface area contributed by atoms with E-state index in [1.54, 1.807) is 18.3 Å². The number of hydrogen-bond donors (Lipinski definition) is 0. The van der Waals surface area contributed by atoms with E-state index in [0.29, 0.717) is 16.6 Å². The molecule has 25 heavy (non-hydrogen) atoms. The minimum absolute atomic E-state index is 0.236. The molecule has 0 atom stereocenters. The molecule has 2 aromatic carbocycles. The number of benzene rings is 2. The van der Waals surface area contributed by atoms with Crippen LogP contribution in [0.2, 0.25) is 0 Å². The molecule has 3 aromatic rings. The van der Waals surface area contributed by atoms with Gasteiger partial charge in [0.15, 0.2) is 0 Å². The fraction of sp³-hybridized carbons (Fsp3) is 0.158. The summed E-state index contributed by atoms with van der Waals surface area (Å²) in [7, 11) is 0. The summed E-state index contributed by atoms with van der Waals surface area (Å²) in [4.78, 5) is 16.2. The number of rotatable bonds is 5. The molecule has 128 valence electrons. The van der Waals surface area contributed by atoms with Gasteiger partial charge in [-0.2, -0.15) is 4.98 Å².